The number of morpholine rings is 1. The van der Waals surface area contributed by atoms with E-state index in [1.54, 1.807) is 17.0 Å². The Morgan fingerprint density at radius 3 is 2.24 bits per heavy atom. The highest BCUT2D eigenvalue weighted by Gasteiger charge is 2.32. The van der Waals surface area contributed by atoms with Crippen molar-refractivity contribution in [2.24, 2.45) is 5.92 Å². The second-order valence-electron chi connectivity index (χ2n) is 8.39. The van der Waals surface area contributed by atoms with E-state index in [0.29, 0.717) is 49.9 Å². The van der Waals surface area contributed by atoms with Gasteiger partial charge in [0.2, 0.25) is 5.91 Å². The van der Waals surface area contributed by atoms with Crippen molar-refractivity contribution in [2.45, 2.75) is 19.0 Å². The average Bonchev–Trinajstić information content (AvgIpc) is 2.84. The summed E-state index contributed by atoms with van der Waals surface area (Å²) >= 11 is 6.17. The number of alkyl halides is 3. The highest BCUT2D eigenvalue weighted by Crippen LogP contribution is 2.32. The fourth-order valence-electron chi connectivity index (χ4n) is 4.25. The summed E-state index contributed by atoms with van der Waals surface area (Å²) in [4.78, 5) is 29.4. The summed E-state index contributed by atoms with van der Waals surface area (Å²) in [6.07, 6.45) is -3.52. The number of amides is 2. The van der Waals surface area contributed by atoms with Gasteiger partial charge in [0.05, 0.1) is 30.2 Å². The van der Waals surface area contributed by atoms with Gasteiger partial charge in [-0.1, -0.05) is 11.6 Å². The number of ether oxygens (including phenoxy) is 1. The predicted octanol–water partition coefficient (Wildman–Crippen LogP) is 4.69. The van der Waals surface area contributed by atoms with Crippen molar-refractivity contribution in [3.8, 4) is 0 Å². The molecule has 0 bridgehead atoms. The Labute approximate surface area is 200 Å². The molecule has 2 amide bonds. The summed E-state index contributed by atoms with van der Waals surface area (Å²) < 4.78 is 43.7. The summed E-state index contributed by atoms with van der Waals surface area (Å²) in [6.45, 7) is 3.36. The highest BCUT2D eigenvalue weighted by molar-refractivity contribution is 6.31. The Morgan fingerprint density at radius 1 is 0.971 bits per heavy atom. The summed E-state index contributed by atoms with van der Waals surface area (Å²) in [6, 6.07) is 9.59. The number of halogens is 4. The molecule has 1 N–H and O–H groups in total. The Balaban J connectivity index is 1.36. The molecule has 0 unspecified atom stereocenters. The van der Waals surface area contributed by atoms with Crippen molar-refractivity contribution in [3.05, 3.63) is 58.6 Å². The molecular formula is C24H25ClF3N3O3. The lowest BCUT2D eigenvalue weighted by Gasteiger charge is -2.33. The molecule has 34 heavy (non-hydrogen) atoms. The van der Waals surface area contributed by atoms with Gasteiger partial charge in [-0.2, -0.15) is 13.2 Å². The number of nitrogens with one attached hydrogen (secondary N) is 1. The number of carbonyl (C=O) groups is 2. The van der Waals surface area contributed by atoms with Gasteiger partial charge in [0.25, 0.3) is 5.91 Å². The molecule has 182 valence electrons. The molecule has 6 nitrogen and oxygen atoms in total. The first-order chi connectivity index (χ1) is 16.2. The molecule has 0 radical (unpaired) electrons. The normalized spacial score (nSPS) is 17.5. The minimum absolute atomic E-state index is 0.140. The molecule has 0 saturated carbocycles. The van der Waals surface area contributed by atoms with Crippen LogP contribution in [0.1, 0.15) is 28.8 Å². The quantitative estimate of drug-likeness (QED) is 0.668. The van der Waals surface area contributed by atoms with Crippen molar-refractivity contribution in [1.29, 1.82) is 0 Å². The van der Waals surface area contributed by atoms with E-state index >= 15 is 0 Å². The van der Waals surface area contributed by atoms with Crippen LogP contribution in [0.2, 0.25) is 5.02 Å². The highest BCUT2D eigenvalue weighted by atomic mass is 35.5. The maximum Gasteiger partial charge on any atom is 0.416 e. The fourth-order valence-corrected chi connectivity index (χ4v) is 4.42. The van der Waals surface area contributed by atoms with Gasteiger partial charge in [-0.3, -0.25) is 9.59 Å². The first-order valence-electron chi connectivity index (χ1n) is 11.1. The van der Waals surface area contributed by atoms with E-state index < -0.39 is 11.7 Å². The topological polar surface area (TPSA) is 61.9 Å². The second-order valence-corrected chi connectivity index (χ2v) is 8.83. The molecule has 2 aliphatic heterocycles. The molecule has 2 heterocycles. The van der Waals surface area contributed by atoms with Crippen LogP contribution in [0.4, 0.5) is 24.5 Å². The van der Waals surface area contributed by atoms with Crippen molar-refractivity contribution in [3.63, 3.8) is 0 Å². The minimum Gasteiger partial charge on any atom is -0.378 e. The lowest BCUT2D eigenvalue weighted by atomic mass is 9.95. The Kier molecular flexibility index (Phi) is 7.33. The van der Waals surface area contributed by atoms with Gasteiger partial charge in [0.1, 0.15) is 0 Å². The summed E-state index contributed by atoms with van der Waals surface area (Å²) in [5.74, 6) is -0.761. The molecule has 0 atom stereocenters. The third-order valence-corrected chi connectivity index (χ3v) is 6.42. The molecule has 0 spiro atoms. The second kappa shape index (κ2) is 10.2. The number of piperidine rings is 1. The molecule has 4 rings (SSSR count). The molecule has 10 heteroatoms. The third kappa shape index (κ3) is 5.64. The van der Waals surface area contributed by atoms with Gasteiger partial charge in [0, 0.05) is 42.7 Å². The van der Waals surface area contributed by atoms with Gasteiger partial charge < -0.3 is 19.9 Å². The van der Waals surface area contributed by atoms with Gasteiger partial charge in [-0.15, -0.1) is 0 Å². The van der Waals surface area contributed by atoms with Crippen LogP contribution in [0.25, 0.3) is 0 Å². The molecule has 2 aromatic rings. The Bertz CT molecular complexity index is 1030. The van der Waals surface area contributed by atoms with Gasteiger partial charge in [0.15, 0.2) is 0 Å². The van der Waals surface area contributed by atoms with Crippen LogP contribution in [0.3, 0.4) is 0 Å². The number of hydrogen-bond acceptors (Lipinski definition) is 4. The molecule has 0 aromatic heterocycles. The standard InChI is InChI=1S/C24H25ClF3N3O3/c25-19-5-6-21(30-11-13-34-14-12-30)20(15-19)29-22(32)16-7-9-31(10-8-16)23(33)17-1-3-18(4-2-17)24(26,27)28/h1-6,15-16H,7-14H2,(H,29,32). The number of likely N-dealkylation sites (tertiary alicyclic amines) is 1. The van der Waals surface area contributed by atoms with Crippen LogP contribution < -0.4 is 10.2 Å². The number of anilines is 2. The van der Waals surface area contributed by atoms with E-state index in [2.05, 4.69) is 10.2 Å². The number of rotatable bonds is 4. The largest absolute Gasteiger partial charge is 0.416 e. The third-order valence-electron chi connectivity index (χ3n) is 6.18. The number of hydrogen-bond donors (Lipinski definition) is 1. The van der Waals surface area contributed by atoms with Crippen LogP contribution in [0.15, 0.2) is 42.5 Å². The van der Waals surface area contributed by atoms with Crippen molar-refractivity contribution < 1.29 is 27.5 Å². The monoisotopic (exact) mass is 495 g/mol. The maximum absolute atomic E-state index is 13.0. The molecular weight excluding hydrogens is 471 g/mol. The smallest absolute Gasteiger partial charge is 0.378 e. The zero-order chi connectivity index (χ0) is 24.3. The average molecular weight is 496 g/mol. The van der Waals surface area contributed by atoms with Crippen LogP contribution in [0.5, 0.6) is 0 Å². The van der Waals surface area contributed by atoms with Crippen molar-refractivity contribution in [1.82, 2.24) is 4.90 Å². The van der Waals surface area contributed by atoms with Gasteiger partial charge in [-0.05, 0) is 55.3 Å². The van der Waals surface area contributed by atoms with E-state index in [9.17, 15) is 22.8 Å². The van der Waals surface area contributed by atoms with E-state index in [-0.39, 0.29) is 23.3 Å². The molecule has 0 aliphatic carbocycles. The van der Waals surface area contributed by atoms with E-state index in [1.165, 1.54) is 12.1 Å². The lowest BCUT2D eigenvalue weighted by Crippen LogP contribution is -2.41. The number of benzene rings is 2. The summed E-state index contributed by atoms with van der Waals surface area (Å²) in [5, 5.41) is 3.52. The van der Waals surface area contributed by atoms with Crippen molar-refractivity contribution in [2.75, 3.05) is 49.6 Å². The number of carbonyl (C=O) groups excluding carboxylic acids is 2. The first kappa shape index (κ1) is 24.3. The summed E-state index contributed by atoms with van der Waals surface area (Å²) in [5.41, 5.74) is 0.931. The molecule has 2 saturated heterocycles. The zero-order valence-corrected chi connectivity index (χ0v) is 19.2. The van der Waals surface area contributed by atoms with Gasteiger partial charge >= 0.3 is 6.18 Å². The number of nitrogens with zero attached hydrogens (tertiary/aromatic N) is 2. The first-order valence-corrected chi connectivity index (χ1v) is 11.5. The van der Waals surface area contributed by atoms with Gasteiger partial charge in [-0.25, -0.2) is 0 Å². The maximum atomic E-state index is 13.0. The van der Waals surface area contributed by atoms with Crippen LogP contribution in [-0.2, 0) is 15.7 Å². The van der Waals surface area contributed by atoms with E-state index in [4.69, 9.17) is 16.3 Å². The lowest BCUT2D eigenvalue weighted by molar-refractivity contribution is -0.137. The Hall–Kier alpha value is -2.78. The minimum atomic E-state index is -4.45. The summed E-state index contributed by atoms with van der Waals surface area (Å²) in [7, 11) is 0. The van der Waals surface area contributed by atoms with Crippen molar-refractivity contribution >= 4 is 34.8 Å². The molecule has 2 fully saturated rings. The predicted molar refractivity (Wildman–Crippen MR) is 123 cm³/mol. The van der Waals surface area contributed by atoms with Crippen LogP contribution >= 0.6 is 11.6 Å². The fraction of sp³-hybridized carbons (Fsp3) is 0.417. The Morgan fingerprint density at radius 2 is 1.62 bits per heavy atom. The SMILES string of the molecule is O=C(Nc1cc(Cl)ccc1N1CCOCC1)C1CCN(C(=O)c2ccc(C(F)(F)F)cc2)CC1. The van der Waals surface area contributed by atoms with E-state index in [1.807, 2.05) is 6.07 Å². The molecule has 2 aliphatic rings. The van der Waals surface area contributed by atoms with E-state index in [0.717, 1.165) is 30.9 Å². The zero-order valence-electron chi connectivity index (χ0n) is 18.4. The van der Waals surface area contributed by atoms with Crippen LogP contribution in [-0.4, -0.2) is 56.1 Å². The van der Waals surface area contributed by atoms with Crippen LogP contribution in [0, 0.1) is 5.92 Å². The molecule has 2 aromatic carbocycles.